The predicted octanol–water partition coefficient (Wildman–Crippen LogP) is 3.12. The first-order chi connectivity index (χ1) is 13.4. The smallest absolute Gasteiger partial charge is 0.254 e. The van der Waals surface area contributed by atoms with Crippen molar-refractivity contribution in [1.29, 1.82) is 0 Å². The fourth-order valence-corrected chi connectivity index (χ4v) is 3.91. The van der Waals surface area contributed by atoms with Gasteiger partial charge in [0.25, 0.3) is 5.91 Å². The highest BCUT2D eigenvalue weighted by atomic mass is 16.5. The molecular weight excluding hydrogens is 354 g/mol. The zero-order valence-corrected chi connectivity index (χ0v) is 16.1. The normalized spacial score (nSPS) is 19.4. The third-order valence-electron chi connectivity index (χ3n) is 5.20. The van der Waals surface area contributed by atoms with Gasteiger partial charge in [-0.15, -0.1) is 0 Å². The van der Waals surface area contributed by atoms with Gasteiger partial charge in [-0.25, -0.2) is 0 Å². The molecule has 28 heavy (non-hydrogen) atoms. The van der Waals surface area contributed by atoms with Crippen LogP contribution >= 0.6 is 0 Å². The fourth-order valence-electron chi connectivity index (χ4n) is 3.91. The second-order valence-electron chi connectivity index (χ2n) is 7.26. The van der Waals surface area contributed by atoms with Crippen LogP contribution in [0.15, 0.2) is 53.1 Å². The summed E-state index contributed by atoms with van der Waals surface area (Å²) in [4.78, 5) is 13.2. The van der Waals surface area contributed by atoms with Crippen molar-refractivity contribution in [2.24, 2.45) is 0 Å². The standard InChI is InChI=1S/C22H23N3O3/c1-13(26)12-23-22(17-7-5-4-6-8-17)18-11-16(9-10-19(18)24-21(22)27)20-14(2)25-28-15(20)3/h4-11,13,23,26H,12H2,1-3H3,(H,24,27). The van der Waals surface area contributed by atoms with Gasteiger partial charge in [-0.3, -0.25) is 10.1 Å². The molecule has 2 atom stereocenters. The molecule has 3 N–H and O–H groups in total. The van der Waals surface area contributed by atoms with E-state index in [1.54, 1.807) is 6.92 Å². The minimum absolute atomic E-state index is 0.162. The number of benzene rings is 2. The summed E-state index contributed by atoms with van der Waals surface area (Å²) in [6.07, 6.45) is -0.594. The molecule has 2 aromatic carbocycles. The molecule has 0 radical (unpaired) electrons. The summed E-state index contributed by atoms with van der Waals surface area (Å²) >= 11 is 0. The van der Waals surface area contributed by atoms with E-state index in [-0.39, 0.29) is 12.5 Å². The van der Waals surface area contributed by atoms with Crippen molar-refractivity contribution in [3.63, 3.8) is 0 Å². The van der Waals surface area contributed by atoms with Crippen LogP contribution in [0, 0.1) is 13.8 Å². The zero-order chi connectivity index (χ0) is 19.9. The summed E-state index contributed by atoms with van der Waals surface area (Å²) < 4.78 is 5.32. The van der Waals surface area contributed by atoms with Gasteiger partial charge in [0.15, 0.2) is 5.54 Å². The van der Waals surface area contributed by atoms with E-state index >= 15 is 0 Å². The number of aliphatic hydroxyl groups is 1. The maximum absolute atomic E-state index is 13.2. The number of amides is 1. The largest absolute Gasteiger partial charge is 0.392 e. The van der Waals surface area contributed by atoms with Gasteiger partial charge in [0.05, 0.1) is 11.8 Å². The molecule has 4 rings (SSSR count). The number of aryl methyl sites for hydroxylation is 2. The number of nitrogens with zero attached hydrogens (tertiary/aromatic N) is 1. The fraction of sp³-hybridized carbons (Fsp3) is 0.273. The summed E-state index contributed by atoms with van der Waals surface area (Å²) in [5, 5.41) is 20.2. The van der Waals surface area contributed by atoms with Gasteiger partial charge in [0, 0.05) is 23.4 Å². The summed E-state index contributed by atoms with van der Waals surface area (Å²) in [6.45, 7) is 5.75. The van der Waals surface area contributed by atoms with E-state index in [2.05, 4.69) is 15.8 Å². The number of carbonyl (C=O) groups is 1. The Bertz CT molecular complexity index is 1010. The lowest BCUT2D eigenvalue weighted by Gasteiger charge is -2.30. The van der Waals surface area contributed by atoms with Crippen molar-refractivity contribution >= 4 is 11.6 Å². The SMILES string of the molecule is Cc1noc(C)c1-c1ccc2c(c1)C(NCC(C)O)(c1ccccc1)C(=O)N2. The van der Waals surface area contributed by atoms with Gasteiger partial charge in [0.2, 0.25) is 0 Å². The highest BCUT2D eigenvalue weighted by Gasteiger charge is 2.48. The van der Waals surface area contributed by atoms with Crippen LogP contribution < -0.4 is 10.6 Å². The van der Waals surface area contributed by atoms with Crippen molar-refractivity contribution in [3.05, 3.63) is 71.1 Å². The van der Waals surface area contributed by atoms with E-state index < -0.39 is 11.6 Å². The molecule has 0 spiro atoms. The topological polar surface area (TPSA) is 87.4 Å². The van der Waals surface area contributed by atoms with Crippen molar-refractivity contribution < 1.29 is 14.4 Å². The first kappa shape index (κ1) is 18.4. The highest BCUT2D eigenvalue weighted by molar-refractivity contribution is 6.08. The lowest BCUT2D eigenvalue weighted by atomic mass is 9.82. The number of carbonyl (C=O) groups excluding carboxylic acids is 1. The van der Waals surface area contributed by atoms with Crippen LogP contribution in [0.2, 0.25) is 0 Å². The van der Waals surface area contributed by atoms with Gasteiger partial charge < -0.3 is 14.9 Å². The quantitative estimate of drug-likeness (QED) is 0.636. The Balaban J connectivity index is 1.92. The van der Waals surface area contributed by atoms with Gasteiger partial charge in [-0.1, -0.05) is 41.6 Å². The van der Waals surface area contributed by atoms with Gasteiger partial charge in [-0.2, -0.15) is 0 Å². The van der Waals surface area contributed by atoms with Gasteiger partial charge in [-0.05, 0) is 44.0 Å². The second-order valence-corrected chi connectivity index (χ2v) is 7.26. The minimum atomic E-state index is -1.08. The van der Waals surface area contributed by atoms with E-state index in [0.29, 0.717) is 0 Å². The number of nitrogens with one attached hydrogen (secondary N) is 2. The van der Waals surface area contributed by atoms with Crippen LogP contribution in [-0.4, -0.2) is 28.8 Å². The molecule has 0 fully saturated rings. The van der Waals surface area contributed by atoms with E-state index in [4.69, 9.17) is 4.52 Å². The molecule has 0 aliphatic carbocycles. The number of hydrogen-bond acceptors (Lipinski definition) is 5. The van der Waals surface area contributed by atoms with Crippen molar-refractivity contribution in [1.82, 2.24) is 10.5 Å². The Morgan fingerprint density at radius 1 is 1.21 bits per heavy atom. The molecule has 0 bridgehead atoms. The van der Waals surface area contributed by atoms with E-state index in [1.165, 1.54) is 0 Å². The Hall–Kier alpha value is -2.96. The van der Waals surface area contributed by atoms with E-state index in [0.717, 1.165) is 39.4 Å². The first-order valence-electron chi connectivity index (χ1n) is 9.31. The molecule has 1 aliphatic rings. The molecule has 2 unspecified atom stereocenters. The zero-order valence-electron chi connectivity index (χ0n) is 16.1. The van der Waals surface area contributed by atoms with Gasteiger partial charge >= 0.3 is 0 Å². The van der Waals surface area contributed by atoms with Gasteiger partial charge in [0.1, 0.15) is 5.76 Å². The van der Waals surface area contributed by atoms with Crippen LogP contribution in [0.3, 0.4) is 0 Å². The molecule has 3 aromatic rings. The van der Waals surface area contributed by atoms with E-state index in [1.807, 2.05) is 62.4 Å². The van der Waals surface area contributed by atoms with Crippen LogP contribution in [0.25, 0.3) is 11.1 Å². The van der Waals surface area contributed by atoms with Crippen molar-refractivity contribution in [2.45, 2.75) is 32.4 Å². The first-order valence-corrected chi connectivity index (χ1v) is 9.31. The molecule has 1 amide bonds. The lowest BCUT2D eigenvalue weighted by molar-refractivity contribution is -0.120. The Morgan fingerprint density at radius 3 is 2.61 bits per heavy atom. The molecule has 1 aliphatic heterocycles. The van der Waals surface area contributed by atoms with Crippen molar-refractivity contribution in [3.8, 4) is 11.1 Å². The molecule has 2 heterocycles. The second kappa shape index (κ2) is 6.89. The van der Waals surface area contributed by atoms with Crippen LogP contribution in [0.1, 0.15) is 29.5 Å². The number of rotatable bonds is 5. The molecule has 1 aromatic heterocycles. The summed E-state index contributed by atoms with van der Waals surface area (Å²) in [7, 11) is 0. The maximum atomic E-state index is 13.2. The van der Waals surface area contributed by atoms with Crippen LogP contribution in [0.5, 0.6) is 0 Å². The molecule has 0 saturated heterocycles. The maximum Gasteiger partial charge on any atom is 0.254 e. The Labute approximate surface area is 163 Å². The molecule has 0 saturated carbocycles. The van der Waals surface area contributed by atoms with Crippen LogP contribution in [0.4, 0.5) is 5.69 Å². The molecule has 6 heteroatoms. The number of hydrogen-bond donors (Lipinski definition) is 3. The predicted molar refractivity (Wildman–Crippen MR) is 107 cm³/mol. The highest BCUT2D eigenvalue weighted by Crippen LogP contribution is 2.43. The third kappa shape index (κ3) is 2.82. The number of fused-ring (bicyclic) bond motifs is 1. The lowest BCUT2D eigenvalue weighted by Crippen LogP contribution is -2.51. The summed E-state index contributed by atoms with van der Waals surface area (Å²) in [6, 6.07) is 15.4. The van der Waals surface area contributed by atoms with E-state index in [9.17, 15) is 9.90 Å². The molecular formula is C22H23N3O3. The number of anilines is 1. The number of aliphatic hydroxyl groups excluding tert-OH is 1. The minimum Gasteiger partial charge on any atom is -0.392 e. The average molecular weight is 377 g/mol. The van der Waals surface area contributed by atoms with Crippen LogP contribution in [-0.2, 0) is 10.3 Å². The number of aromatic nitrogens is 1. The Morgan fingerprint density at radius 2 is 1.96 bits per heavy atom. The molecule has 144 valence electrons. The monoisotopic (exact) mass is 377 g/mol. The third-order valence-corrected chi connectivity index (χ3v) is 5.20. The Kier molecular flexibility index (Phi) is 4.53. The summed E-state index contributed by atoms with van der Waals surface area (Å²) in [5.74, 6) is 0.572. The van der Waals surface area contributed by atoms with Crippen molar-refractivity contribution in [2.75, 3.05) is 11.9 Å². The average Bonchev–Trinajstić information content (AvgIpc) is 3.16. The summed E-state index contributed by atoms with van der Waals surface area (Å²) in [5.41, 5.74) is 3.98. The molecule has 6 nitrogen and oxygen atoms in total.